The maximum atomic E-state index is 10.6. The topological polar surface area (TPSA) is 46.2 Å². The van der Waals surface area contributed by atoms with Gasteiger partial charge >= 0.3 is 0 Å². The van der Waals surface area contributed by atoms with Gasteiger partial charge in [-0.3, -0.25) is 0 Å². The van der Waals surface area contributed by atoms with E-state index in [1.54, 1.807) is 0 Å². The van der Waals surface area contributed by atoms with Crippen molar-refractivity contribution >= 4 is 0 Å². The Hall–Kier alpha value is -0.0800. The monoisotopic (exact) mass is 239 g/mol. The molecule has 2 heteroatoms. The average molecular weight is 239 g/mol. The molecule has 1 fully saturated rings. The van der Waals surface area contributed by atoms with E-state index in [0.29, 0.717) is 11.8 Å². The van der Waals surface area contributed by atoms with E-state index in [1.807, 2.05) is 20.3 Å². The van der Waals surface area contributed by atoms with Crippen LogP contribution in [-0.2, 0) is 0 Å². The molecule has 0 bridgehead atoms. The minimum atomic E-state index is -0.490. The van der Waals surface area contributed by atoms with E-state index in [9.17, 15) is 5.11 Å². The number of aliphatic hydroxyl groups is 1. The number of aliphatic hydroxyl groups excluding tert-OH is 1. The van der Waals surface area contributed by atoms with E-state index >= 15 is 0 Å². The number of unbranched alkanes of at least 4 members (excludes halogenated alkanes) is 1. The highest BCUT2D eigenvalue weighted by Gasteiger charge is 2.37. The highest BCUT2D eigenvalue weighted by molar-refractivity contribution is 4.98. The van der Waals surface area contributed by atoms with Crippen LogP contribution in [0, 0.1) is 24.7 Å². The van der Waals surface area contributed by atoms with Gasteiger partial charge in [-0.05, 0) is 44.4 Å². The number of rotatable bonds is 5. The van der Waals surface area contributed by atoms with E-state index in [1.165, 1.54) is 25.7 Å². The van der Waals surface area contributed by atoms with E-state index in [4.69, 9.17) is 5.73 Å². The Kier molecular flexibility index (Phi) is 5.94. The Morgan fingerprint density at radius 2 is 2.00 bits per heavy atom. The van der Waals surface area contributed by atoms with Crippen LogP contribution in [0.3, 0.4) is 0 Å². The molecule has 4 atom stereocenters. The van der Waals surface area contributed by atoms with Gasteiger partial charge < -0.3 is 10.8 Å². The lowest BCUT2D eigenvalue weighted by atomic mass is 9.75. The van der Waals surface area contributed by atoms with Gasteiger partial charge in [0.05, 0.1) is 6.10 Å². The summed E-state index contributed by atoms with van der Waals surface area (Å²) in [5, 5.41) is 10.6. The maximum absolute atomic E-state index is 10.6. The summed E-state index contributed by atoms with van der Waals surface area (Å²) in [6.45, 7) is 6.25. The first kappa shape index (κ1) is 15.0. The third-order valence-corrected chi connectivity index (χ3v) is 4.30. The lowest BCUT2D eigenvalue weighted by molar-refractivity contribution is 0.0133. The summed E-state index contributed by atoms with van der Waals surface area (Å²) in [7, 11) is 0. The minimum absolute atomic E-state index is 0.373. The van der Waals surface area contributed by atoms with Crippen molar-refractivity contribution in [2.75, 3.05) is 0 Å². The lowest BCUT2D eigenvalue weighted by Gasteiger charge is -2.38. The van der Waals surface area contributed by atoms with Crippen molar-refractivity contribution in [2.24, 2.45) is 17.6 Å². The first-order chi connectivity index (χ1) is 7.99. The molecule has 0 heterocycles. The molecule has 2 unspecified atom stereocenters. The van der Waals surface area contributed by atoms with Crippen molar-refractivity contribution < 1.29 is 5.11 Å². The molecule has 0 spiro atoms. The Morgan fingerprint density at radius 1 is 1.35 bits per heavy atom. The van der Waals surface area contributed by atoms with Crippen molar-refractivity contribution in [1.29, 1.82) is 0 Å². The minimum Gasteiger partial charge on any atom is -0.391 e. The van der Waals surface area contributed by atoms with Crippen LogP contribution in [0.2, 0.25) is 0 Å². The normalized spacial score (nSPS) is 31.6. The van der Waals surface area contributed by atoms with Crippen LogP contribution in [0.15, 0.2) is 0 Å². The highest BCUT2D eigenvalue weighted by Crippen LogP contribution is 2.34. The Bertz CT molecular complexity index is 215. The molecule has 0 saturated heterocycles. The third-order valence-electron chi connectivity index (χ3n) is 4.30. The third kappa shape index (κ3) is 4.26. The summed E-state index contributed by atoms with van der Waals surface area (Å²) in [5.74, 6) is 0.971. The molecular weight excluding hydrogens is 210 g/mol. The number of hydrogen-bond donors (Lipinski definition) is 2. The molecule has 1 aliphatic rings. The molecule has 17 heavy (non-hydrogen) atoms. The summed E-state index contributed by atoms with van der Waals surface area (Å²) < 4.78 is 0. The van der Waals surface area contributed by atoms with Gasteiger partial charge in [0.1, 0.15) is 0 Å². The second-order valence-electron chi connectivity index (χ2n) is 6.00. The maximum Gasteiger partial charge on any atom is 0.0747 e. The fourth-order valence-electron chi connectivity index (χ4n) is 2.97. The van der Waals surface area contributed by atoms with E-state index in [2.05, 4.69) is 13.3 Å². The van der Waals surface area contributed by atoms with Gasteiger partial charge in [0.15, 0.2) is 0 Å². The molecule has 1 rings (SSSR count). The quantitative estimate of drug-likeness (QED) is 0.724. The van der Waals surface area contributed by atoms with Crippen molar-refractivity contribution in [2.45, 2.75) is 70.9 Å². The van der Waals surface area contributed by atoms with Crippen LogP contribution >= 0.6 is 0 Å². The first-order valence-corrected chi connectivity index (χ1v) is 7.07. The second kappa shape index (κ2) is 6.75. The SMILES string of the molecule is C[CH][CH]C[C@](C)(N)[C@@H](O)C1CCCCCC1C. The molecule has 0 aromatic carbocycles. The second-order valence-corrected chi connectivity index (χ2v) is 6.00. The summed E-state index contributed by atoms with van der Waals surface area (Å²) in [4.78, 5) is 0. The zero-order valence-corrected chi connectivity index (χ0v) is 11.7. The van der Waals surface area contributed by atoms with Gasteiger partial charge in [-0.25, -0.2) is 0 Å². The zero-order valence-electron chi connectivity index (χ0n) is 11.7. The Balaban J connectivity index is 2.61. The number of nitrogens with two attached hydrogens (primary N) is 1. The molecule has 1 saturated carbocycles. The molecule has 0 amide bonds. The lowest BCUT2D eigenvalue weighted by Crippen LogP contribution is -2.52. The van der Waals surface area contributed by atoms with Crippen LogP contribution < -0.4 is 5.73 Å². The predicted molar refractivity (Wildman–Crippen MR) is 73.2 cm³/mol. The van der Waals surface area contributed by atoms with E-state index < -0.39 is 5.54 Å². The molecule has 0 aromatic heterocycles. The fourth-order valence-corrected chi connectivity index (χ4v) is 2.97. The summed E-state index contributed by atoms with van der Waals surface area (Å²) in [5.41, 5.74) is 5.80. The average Bonchev–Trinajstić information content (AvgIpc) is 2.50. The molecule has 1 aliphatic carbocycles. The van der Waals surface area contributed by atoms with E-state index in [-0.39, 0.29) is 6.10 Å². The molecular formula is C15H29NO. The van der Waals surface area contributed by atoms with Crippen LogP contribution in [0.5, 0.6) is 0 Å². The van der Waals surface area contributed by atoms with Crippen molar-refractivity contribution in [3.8, 4) is 0 Å². The zero-order chi connectivity index (χ0) is 12.9. The van der Waals surface area contributed by atoms with Crippen LogP contribution in [0.25, 0.3) is 0 Å². The summed E-state index contributed by atoms with van der Waals surface area (Å²) >= 11 is 0. The fraction of sp³-hybridized carbons (Fsp3) is 0.867. The largest absolute Gasteiger partial charge is 0.391 e. The van der Waals surface area contributed by atoms with Gasteiger partial charge in [0, 0.05) is 5.54 Å². The summed E-state index contributed by atoms with van der Waals surface area (Å²) in [6.07, 6.45) is 10.7. The highest BCUT2D eigenvalue weighted by atomic mass is 16.3. The molecule has 0 aromatic rings. The molecule has 0 aliphatic heterocycles. The van der Waals surface area contributed by atoms with Crippen molar-refractivity contribution in [3.05, 3.63) is 12.8 Å². The predicted octanol–water partition coefficient (Wildman–Crippen LogP) is 3.10. The van der Waals surface area contributed by atoms with Gasteiger partial charge in [-0.15, -0.1) is 0 Å². The smallest absolute Gasteiger partial charge is 0.0747 e. The van der Waals surface area contributed by atoms with Gasteiger partial charge in [-0.2, -0.15) is 0 Å². The molecule has 3 N–H and O–H groups in total. The van der Waals surface area contributed by atoms with Gasteiger partial charge in [0.25, 0.3) is 0 Å². The molecule has 2 radical (unpaired) electrons. The standard InChI is InChI=1S/C15H29NO/c1-4-5-11-15(3,16)14(17)13-10-8-6-7-9-12(13)2/h4-5,12-14,17H,6-11,16H2,1-3H3/t12?,13?,14-,15-/m0/s1. The number of hydrogen-bond acceptors (Lipinski definition) is 2. The Labute approximate surface area is 107 Å². The van der Waals surface area contributed by atoms with Crippen LogP contribution in [-0.4, -0.2) is 16.7 Å². The van der Waals surface area contributed by atoms with Crippen LogP contribution in [0.1, 0.15) is 59.3 Å². The van der Waals surface area contributed by atoms with Crippen LogP contribution in [0.4, 0.5) is 0 Å². The van der Waals surface area contributed by atoms with Gasteiger partial charge in [-0.1, -0.05) is 39.5 Å². The Morgan fingerprint density at radius 3 is 2.65 bits per heavy atom. The molecule has 100 valence electrons. The van der Waals surface area contributed by atoms with Gasteiger partial charge in [0.2, 0.25) is 0 Å². The first-order valence-electron chi connectivity index (χ1n) is 7.07. The molecule has 2 nitrogen and oxygen atoms in total. The van der Waals surface area contributed by atoms with Crippen molar-refractivity contribution in [1.82, 2.24) is 0 Å². The summed E-state index contributed by atoms with van der Waals surface area (Å²) in [6, 6.07) is 0. The van der Waals surface area contributed by atoms with E-state index in [0.717, 1.165) is 12.8 Å². The van der Waals surface area contributed by atoms with Crippen molar-refractivity contribution in [3.63, 3.8) is 0 Å².